The first-order valence-corrected chi connectivity index (χ1v) is 9.05. The highest BCUT2D eigenvalue weighted by molar-refractivity contribution is 7.21. The van der Waals surface area contributed by atoms with E-state index in [2.05, 4.69) is 20.7 Å². The lowest BCUT2D eigenvalue weighted by Crippen LogP contribution is -2.28. The summed E-state index contributed by atoms with van der Waals surface area (Å²) in [7, 11) is 0. The third kappa shape index (κ3) is 3.73. The van der Waals surface area contributed by atoms with Crippen LogP contribution in [0, 0.1) is 6.92 Å². The molecular weight excluding hydrogens is 352 g/mol. The monoisotopic (exact) mass is 372 g/mol. The lowest BCUT2D eigenvalue weighted by Gasteiger charge is -2.09. The number of nitrogens with one attached hydrogen (secondary N) is 2. The van der Waals surface area contributed by atoms with Crippen molar-refractivity contribution in [1.82, 2.24) is 19.9 Å². The molecule has 2 amide bonds. The van der Waals surface area contributed by atoms with Crippen LogP contribution in [0.4, 0.5) is 5.69 Å². The minimum absolute atomic E-state index is 0.118. The highest BCUT2D eigenvalue weighted by Crippen LogP contribution is 2.33. The fourth-order valence-corrected chi connectivity index (χ4v) is 3.65. The first kappa shape index (κ1) is 18.0. The van der Waals surface area contributed by atoms with Gasteiger partial charge in [0.05, 0.1) is 35.1 Å². The standard InChI is InChI=1S/C17H20N6O2S/c1-3-4-19-8-15(24)22-11-5-12(10(2)20-6-11)14-9-23-17(26-14)13(7-21-23)16(18)25/h5-7,9,19H,3-4,8H2,1-2H3,(H2,18,25)(H,22,24). The van der Waals surface area contributed by atoms with Gasteiger partial charge in [0.25, 0.3) is 5.91 Å². The number of carbonyl (C=O) groups excluding carboxylic acids is 2. The first-order valence-electron chi connectivity index (χ1n) is 8.24. The molecule has 0 radical (unpaired) electrons. The van der Waals surface area contributed by atoms with Gasteiger partial charge >= 0.3 is 0 Å². The van der Waals surface area contributed by atoms with Crippen molar-refractivity contribution in [3.63, 3.8) is 0 Å². The Hall–Kier alpha value is -2.78. The maximum Gasteiger partial charge on any atom is 0.253 e. The van der Waals surface area contributed by atoms with Crippen molar-refractivity contribution in [1.29, 1.82) is 0 Å². The number of pyridine rings is 1. The topological polar surface area (TPSA) is 114 Å². The molecule has 3 rings (SSSR count). The molecule has 3 aromatic rings. The van der Waals surface area contributed by atoms with Gasteiger partial charge in [-0.1, -0.05) is 6.92 Å². The van der Waals surface area contributed by atoms with E-state index >= 15 is 0 Å². The van der Waals surface area contributed by atoms with Crippen molar-refractivity contribution in [3.8, 4) is 10.4 Å². The van der Waals surface area contributed by atoms with Crippen LogP contribution in [0.15, 0.2) is 24.7 Å². The Morgan fingerprint density at radius 1 is 1.35 bits per heavy atom. The van der Waals surface area contributed by atoms with Crippen LogP contribution in [0.3, 0.4) is 0 Å². The number of amides is 2. The number of nitrogens with two attached hydrogens (primary N) is 1. The SMILES string of the molecule is CCCNCC(=O)Nc1cnc(C)c(-c2cn3ncc(C(N)=O)c3s2)c1. The van der Waals surface area contributed by atoms with E-state index < -0.39 is 5.91 Å². The van der Waals surface area contributed by atoms with Crippen molar-refractivity contribution < 1.29 is 9.59 Å². The molecule has 0 aromatic carbocycles. The Labute approximate surface area is 154 Å². The van der Waals surface area contributed by atoms with Crippen molar-refractivity contribution in [2.24, 2.45) is 5.73 Å². The molecule has 0 atom stereocenters. The number of aryl methyl sites for hydroxylation is 1. The van der Waals surface area contributed by atoms with Gasteiger partial charge in [-0.25, -0.2) is 4.52 Å². The lowest BCUT2D eigenvalue weighted by atomic mass is 10.1. The van der Waals surface area contributed by atoms with Crippen LogP contribution in [0.25, 0.3) is 15.3 Å². The summed E-state index contributed by atoms with van der Waals surface area (Å²) in [6.07, 6.45) is 5.88. The molecule has 8 nitrogen and oxygen atoms in total. The molecule has 0 aliphatic carbocycles. The van der Waals surface area contributed by atoms with E-state index in [0.717, 1.165) is 29.1 Å². The maximum absolute atomic E-state index is 12.0. The van der Waals surface area contributed by atoms with Crippen molar-refractivity contribution in [3.05, 3.63) is 35.9 Å². The summed E-state index contributed by atoms with van der Waals surface area (Å²) in [5, 5.41) is 10.1. The van der Waals surface area contributed by atoms with Crippen LogP contribution in [0.1, 0.15) is 29.4 Å². The summed E-state index contributed by atoms with van der Waals surface area (Å²) in [5.74, 6) is -0.629. The molecule has 0 spiro atoms. The second-order valence-electron chi connectivity index (χ2n) is 5.85. The molecule has 4 N–H and O–H groups in total. The van der Waals surface area contributed by atoms with E-state index in [1.165, 1.54) is 17.5 Å². The molecule has 0 saturated heterocycles. The number of hydrogen-bond acceptors (Lipinski definition) is 6. The fourth-order valence-electron chi connectivity index (χ4n) is 2.51. The maximum atomic E-state index is 12.0. The second kappa shape index (κ2) is 7.63. The number of aromatic nitrogens is 3. The number of hydrogen-bond donors (Lipinski definition) is 3. The molecule has 0 bridgehead atoms. The molecule has 0 saturated carbocycles. The third-order valence-corrected chi connectivity index (χ3v) is 4.96. The highest BCUT2D eigenvalue weighted by Gasteiger charge is 2.15. The van der Waals surface area contributed by atoms with Gasteiger partial charge in [-0.2, -0.15) is 5.10 Å². The van der Waals surface area contributed by atoms with E-state index in [1.54, 1.807) is 10.7 Å². The fraction of sp³-hybridized carbons (Fsp3) is 0.294. The first-order chi connectivity index (χ1) is 12.5. The number of nitrogens with zero attached hydrogens (tertiary/aromatic N) is 3. The predicted molar refractivity (Wildman–Crippen MR) is 101 cm³/mol. The number of anilines is 1. The summed E-state index contributed by atoms with van der Waals surface area (Å²) in [5.41, 5.74) is 8.07. The Morgan fingerprint density at radius 2 is 2.15 bits per heavy atom. The summed E-state index contributed by atoms with van der Waals surface area (Å²) >= 11 is 1.41. The minimum atomic E-state index is -0.510. The molecule has 0 aliphatic heterocycles. The smallest absolute Gasteiger partial charge is 0.253 e. The lowest BCUT2D eigenvalue weighted by molar-refractivity contribution is -0.115. The zero-order valence-corrected chi connectivity index (χ0v) is 15.4. The van der Waals surface area contributed by atoms with Gasteiger partial charge in [-0.15, -0.1) is 11.3 Å². The van der Waals surface area contributed by atoms with E-state index in [4.69, 9.17) is 5.73 Å². The molecule has 0 aliphatic rings. The molecule has 26 heavy (non-hydrogen) atoms. The number of primary amides is 1. The van der Waals surface area contributed by atoms with Crippen molar-refractivity contribution in [2.45, 2.75) is 20.3 Å². The summed E-state index contributed by atoms with van der Waals surface area (Å²) in [6, 6.07) is 1.87. The number of carbonyl (C=O) groups is 2. The molecule has 3 heterocycles. The third-order valence-electron chi connectivity index (χ3n) is 3.81. The zero-order chi connectivity index (χ0) is 18.7. The molecular formula is C17H20N6O2S. The van der Waals surface area contributed by atoms with E-state index in [9.17, 15) is 9.59 Å². The second-order valence-corrected chi connectivity index (χ2v) is 6.88. The van der Waals surface area contributed by atoms with Gasteiger partial charge in [0, 0.05) is 17.5 Å². The number of fused-ring (bicyclic) bond motifs is 1. The molecule has 0 fully saturated rings. The average Bonchev–Trinajstić information content (AvgIpc) is 3.17. The van der Waals surface area contributed by atoms with Crippen molar-refractivity contribution in [2.75, 3.05) is 18.4 Å². The van der Waals surface area contributed by atoms with Gasteiger partial charge in [0.15, 0.2) is 0 Å². The Kier molecular flexibility index (Phi) is 5.29. The average molecular weight is 372 g/mol. The summed E-state index contributed by atoms with van der Waals surface area (Å²) in [4.78, 5) is 29.4. The van der Waals surface area contributed by atoms with Gasteiger partial charge in [-0.3, -0.25) is 14.6 Å². The van der Waals surface area contributed by atoms with Crippen LogP contribution < -0.4 is 16.4 Å². The Balaban J connectivity index is 1.86. The van der Waals surface area contributed by atoms with Gasteiger partial charge in [-0.05, 0) is 26.0 Å². The van der Waals surface area contributed by atoms with E-state index in [0.29, 0.717) is 16.1 Å². The predicted octanol–water partition coefficient (Wildman–Crippen LogP) is 1.80. The number of thiazole rings is 1. The normalized spacial score (nSPS) is 11.0. The number of rotatable bonds is 7. The van der Waals surface area contributed by atoms with Gasteiger partial charge < -0.3 is 16.4 Å². The van der Waals surface area contributed by atoms with Gasteiger partial charge in [0.2, 0.25) is 5.91 Å². The summed E-state index contributed by atoms with van der Waals surface area (Å²) < 4.78 is 1.62. The van der Waals surface area contributed by atoms with Crippen LogP contribution in [0.5, 0.6) is 0 Å². The van der Waals surface area contributed by atoms with Crippen molar-refractivity contribution >= 4 is 33.7 Å². The molecule has 9 heteroatoms. The van der Waals surface area contributed by atoms with Crippen LogP contribution in [0.2, 0.25) is 0 Å². The van der Waals surface area contributed by atoms with E-state index in [1.807, 2.05) is 26.1 Å². The Morgan fingerprint density at radius 3 is 2.88 bits per heavy atom. The molecule has 136 valence electrons. The van der Waals surface area contributed by atoms with Gasteiger partial charge in [0.1, 0.15) is 4.83 Å². The van der Waals surface area contributed by atoms with Crippen LogP contribution in [-0.2, 0) is 4.79 Å². The largest absolute Gasteiger partial charge is 0.365 e. The van der Waals surface area contributed by atoms with Crippen LogP contribution in [-0.4, -0.2) is 39.5 Å². The minimum Gasteiger partial charge on any atom is -0.365 e. The van der Waals surface area contributed by atoms with Crippen LogP contribution >= 0.6 is 11.3 Å². The Bertz CT molecular complexity index is 961. The summed E-state index contributed by atoms with van der Waals surface area (Å²) in [6.45, 7) is 4.98. The molecule has 0 unspecified atom stereocenters. The zero-order valence-electron chi connectivity index (χ0n) is 14.6. The van der Waals surface area contributed by atoms with E-state index in [-0.39, 0.29) is 12.5 Å². The quantitative estimate of drug-likeness (QED) is 0.547. The molecule has 3 aromatic heterocycles. The highest BCUT2D eigenvalue weighted by atomic mass is 32.1.